The van der Waals surface area contributed by atoms with Gasteiger partial charge in [-0.15, -0.1) is 0 Å². The first kappa shape index (κ1) is 13.9. The number of hydrogen-bond donors (Lipinski definition) is 1. The molecule has 102 valence electrons. The van der Waals surface area contributed by atoms with E-state index >= 15 is 0 Å². The largest absolute Gasteiger partial charge is 0.400 e. The summed E-state index contributed by atoms with van der Waals surface area (Å²) in [6, 6.07) is 11.9. The summed E-state index contributed by atoms with van der Waals surface area (Å²) in [5.74, 6) is 0. The van der Waals surface area contributed by atoms with Crippen molar-refractivity contribution in [3.05, 3.63) is 48.0 Å². The number of halogens is 3. The average Bonchev–Trinajstić information content (AvgIpc) is 2.39. The van der Waals surface area contributed by atoms with Gasteiger partial charge < -0.3 is 5.11 Å². The summed E-state index contributed by atoms with van der Waals surface area (Å²) in [5.41, 5.74) is -2.07. The van der Waals surface area contributed by atoms with Crippen molar-refractivity contribution in [2.75, 3.05) is 6.61 Å². The van der Waals surface area contributed by atoms with E-state index in [0.29, 0.717) is 0 Å². The third-order valence-electron chi connectivity index (χ3n) is 3.72. The summed E-state index contributed by atoms with van der Waals surface area (Å²) in [7, 11) is 0. The zero-order chi connectivity index (χ0) is 14.1. The molecule has 0 amide bonds. The molecule has 0 fully saturated rings. The molecule has 1 nitrogen and oxygen atoms in total. The predicted molar refractivity (Wildman–Crippen MR) is 69.1 cm³/mol. The van der Waals surface area contributed by atoms with Crippen LogP contribution in [0.4, 0.5) is 13.2 Å². The fraction of sp³-hybridized carbons (Fsp3) is 0.333. The molecule has 19 heavy (non-hydrogen) atoms. The molecule has 0 spiro atoms. The third-order valence-corrected chi connectivity index (χ3v) is 3.72. The molecule has 1 unspecified atom stereocenters. The first-order valence-corrected chi connectivity index (χ1v) is 6.11. The van der Waals surface area contributed by atoms with Crippen molar-refractivity contribution in [1.82, 2.24) is 0 Å². The van der Waals surface area contributed by atoms with Gasteiger partial charge in [0.25, 0.3) is 0 Å². The molecule has 0 aliphatic rings. The van der Waals surface area contributed by atoms with E-state index in [1.54, 1.807) is 18.2 Å². The van der Waals surface area contributed by atoms with E-state index in [2.05, 4.69) is 0 Å². The maximum absolute atomic E-state index is 13.3. The second-order valence-electron chi connectivity index (χ2n) is 4.65. The molecule has 1 N–H and O–H groups in total. The monoisotopic (exact) mass is 268 g/mol. The Morgan fingerprint density at radius 2 is 1.63 bits per heavy atom. The van der Waals surface area contributed by atoms with Crippen LogP contribution in [0.1, 0.15) is 18.9 Å². The minimum Gasteiger partial charge on any atom is -0.395 e. The lowest BCUT2D eigenvalue weighted by atomic mass is 9.77. The zero-order valence-corrected chi connectivity index (χ0v) is 10.5. The van der Waals surface area contributed by atoms with Gasteiger partial charge in [0.15, 0.2) is 0 Å². The topological polar surface area (TPSA) is 20.2 Å². The van der Waals surface area contributed by atoms with Gasteiger partial charge in [-0.1, -0.05) is 49.4 Å². The second kappa shape index (κ2) is 4.85. The summed E-state index contributed by atoms with van der Waals surface area (Å²) in [5, 5.41) is 10.9. The van der Waals surface area contributed by atoms with Crippen LogP contribution in [-0.2, 0) is 5.41 Å². The van der Waals surface area contributed by atoms with Crippen LogP contribution in [0, 0.1) is 0 Å². The molecule has 1 atom stereocenters. The molecule has 2 rings (SSSR count). The molecule has 0 saturated heterocycles. The van der Waals surface area contributed by atoms with Gasteiger partial charge in [-0.2, -0.15) is 13.2 Å². The quantitative estimate of drug-likeness (QED) is 0.890. The van der Waals surface area contributed by atoms with E-state index in [-0.39, 0.29) is 12.0 Å². The van der Waals surface area contributed by atoms with Crippen LogP contribution in [0.5, 0.6) is 0 Å². The van der Waals surface area contributed by atoms with Crippen LogP contribution in [0.3, 0.4) is 0 Å². The molecule has 0 bridgehead atoms. The molecule has 4 heteroatoms. The summed E-state index contributed by atoms with van der Waals surface area (Å²) in [4.78, 5) is 0. The van der Waals surface area contributed by atoms with Crippen LogP contribution >= 0.6 is 0 Å². The summed E-state index contributed by atoms with van der Waals surface area (Å²) in [6.45, 7) is 0.504. The fourth-order valence-electron chi connectivity index (χ4n) is 2.35. The third kappa shape index (κ3) is 2.21. The minimum atomic E-state index is -4.47. The first-order valence-electron chi connectivity index (χ1n) is 6.11. The number of hydrogen-bond acceptors (Lipinski definition) is 1. The Bertz CT molecular complexity index is 571. The standard InChI is InChI=1S/C15H15F3O/c1-2-14(10-19,15(16,17)18)13-8-7-11-5-3-4-6-12(11)9-13/h3-9,19H,2,10H2,1H3. The van der Waals surface area contributed by atoms with Crippen molar-refractivity contribution >= 4 is 10.8 Å². The SMILES string of the molecule is CCC(CO)(c1ccc2ccccc2c1)C(F)(F)F. The van der Waals surface area contributed by atoms with Crippen molar-refractivity contribution in [3.63, 3.8) is 0 Å². The van der Waals surface area contributed by atoms with Crippen molar-refractivity contribution in [2.45, 2.75) is 24.9 Å². The van der Waals surface area contributed by atoms with Crippen LogP contribution < -0.4 is 0 Å². The van der Waals surface area contributed by atoms with E-state index in [1.807, 2.05) is 12.1 Å². The van der Waals surface area contributed by atoms with Gasteiger partial charge >= 0.3 is 6.18 Å². The minimum absolute atomic E-state index is 0.115. The molecular formula is C15H15F3O. The second-order valence-corrected chi connectivity index (χ2v) is 4.65. The highest BCUT2D eigenvalue weighted by Gasteiger charge is 2.54. The van der Waals surface area contributed by atoms with E-state index < -0.39 is 18.2 Å². The molecule has 0 aliphatic carbocycles. The number of rotatable bonds is 3. The Balaban J connectivity index is 2.63. The summed E-state index contributed by atoms with van der Waals surface area (Å²) >= 11 is 0. The van der Waals surface area contributed by atoms with Crippen LogP contribution in [0.2, 0.25) is 0 Å². The number of benzene rings is 2. The normalized spacial score (nSPS) is 15.4. The van der Waals surface area contributed by atoms with Crippen molar-refractivity contribution in [3.8, 4) is 0 Å². The van der Waals surface area contributed by atoms with Gasteiger partial charge in [0.05, 0.1) is 6.61 Å². The maximum Gasteiger partial charge on any atom is 0.400 e. The van der Waals surface area contributed by atoms with Crippen LogP contribution in [-0.4, -0.2) is 17.9 Å². The maximum atomic E-state index is 13.3. The molecule has 0 heterocycles. The highest BCUT2D eigenvalue weighted by Crippen LogP contribution is 2.44. The predicted octanol–water partition coefficient (Wildman–Crippen LogP) is 4.04. The van der Waals surface area contributed by atoms with Crippen LogP contribution in [0.25, 0.3) is 10.8 Å². The van der Waals surface area contributed by atoms with Gasteiger partial charge in [0.2, 0.25) is 0 Å². The van der Waals surface area contributed by atoms with E-state index in [4.69, 9.17) is 0 Å². The smallest absolute Gasteiger partial charge is 0.395 e. The first-order chi connectivity index (χ1) is 8.94. The molecule has 0 saturated carbocycles. The molecular weight excluding hydrogens is 253 g/mol. The summed E-state index contributed by atoms with van der Waals surface area (Å²) < 4.78 is 39.9. The van der Waals surface area contributed by atoms with Crippen molar-refractivity contribution < 1.29 is 18.3 Å². The van der Waals surface area contributed by atoms with Crippen molar-refractivity contribution in [1.29, 1.82) is 0 Å². The lowest BCUT2D eigenvalue weighted by Gasteiger charge is -2.33. The van der Waals surface area contributed by atoms with Gasteiger partial charge in [-0.3, -0.25) is 0 Å². The molecule has 2 aromatic carbocycles. The molecule has 2 aromatic rings. The molecule has 0 aromatic heterocycles. The van der Waals surface area contributed by atoms with Crippen molar-refractivity contribution in [2.24, 2.45) is 0 Å². The Hall–Kier alpha value is -1.55. The van der Waals surface area contributed by atoms with Gasteiger partial charge in [-0.25, -0.2) is 0 Å². The highest BCUT2D eigenvalue weighted by atomic mass is 19.4. The number of fused-ring (bicyclic) bond motifs is 1. The Morgan fingerprint density at radius 1 is 1.00 bits per heavy atom. The number of alkyl halides is 3. The Labute approximate surface area is 109 Å². The van der Waals surface area contributed by atoms with Gasteiger partial charge in [-0.05, 0) is 22.8 Å². The number of aliphatic hydroxyl groups excluding tert-OH is 1. The van der Waals surface area contributed by atoms with E-state index in [9.17, 15) is 18.3 Å². The highest BCUT2D eigenvalue weighted by molar-refractivity contribution is 5.83. The fourth-order valence-corrected chi connectivity index (χ4v) is 2.35. The van der Waals surface area contributed by atoms with E-state index in [0.717, 1.165) is 10.8 Å². The van der Waals surface area contributed by atoms with E-state index in [1.165, 1.54) is 19.1 Å². The summed E-state index contributed by atoms with van der Waals surface area (Å²) in [6.07, 6.45) is -4.66. The number of aliphatic hydroxyl groups is 1. The Kier molecular flexibility index (Phi) is 3.54. The average molecular weight is 268 g/mol. The lowest BCUT2D eigenvalue weighted by molar-refractivity contribution is -0.202. The molecule has 0 aliphatic heterocycles. The zero-order valence-electron chi connectivity index (χ0n) is 10.5. The van der Waals surface area contributed by atoms with Crippen LogP contribution in [0.15, 0.2) is 42.5 Å². The van der Waals surface area contributed by atoms with Gasteiger partial charge in [0, 0.05) is 0 Å². The van der Waals surface area contributed by atoms with Gasteiger partial charge in [0.1, 0.15) is 5.41 Å². The lowest BCUT2D eigenvalue weighted by Crippen LogP contribution is -2.45. The Morgan fingerprint density at radius 3 is 2.16 bits per heavy atom. The molecule has 0 radical (unpaired) electrons.